The van der Waals surface area contributed by atoms with Gasteiger partial charge in [-0.05, 0) is 36.6 Å². The molecule has 0 amide bonds. The average molecular weight is 305 g/mol. The molecule has 0 spiro atoms. The summed E-state index contributed by atoms with van der Waals surface area (Å²) in [5.41, 5.74) is 0.817. The Bertz CT molecular complexity index is 562. The summed E-state index contributed by atoms with van der Waals surface area (Å²) in [5, 5.41) is 3.45. The van der Waals surface area contributed by atoms with Crippen molar-refractivity contribution in [3.05, 3.63) is 57.5 Å². The van der Waals surface area contributed by atoms with Crippen LogP contribution in [0.15, 0.2) is 36.4 Å². The lowest BCUT2D eigenvalue weighted by molar-refractivity contribution is 0.507. The maximum absolute atomic E-state index is 14.1. The standard InChI is InChI=1S/C18H24FNS/c1-4-15-9-10-16(21-15)11-14(12-20-13(2)3)17-7-5-6-8-18(17)19/h5-10,13-14,20H,4,11-12H2,1-3H3. The lowest BCUT2D eigenvalue weighted by Crippen LogP contribution is -2.29. The lowest BCUT2D eigenvalue weighted by Gasteiger charge is -2.20. The number of hydrogen-bond acceptors (Lipinski definition) is 2. The minimum atomic E-state index is -0.0969. The van der Waals surface area contributed by atoms with E-state index < -0.39 is 0 Å². The molecule has 0 fully saturated rings. The van der Waals surface area contributed by atoms with E-state index in [0.717, 1.165) is 24.9 Å². The molecule has 1 heterocycles. The number of halogens is 1. The predicted octanol–water partition coefficient (Wildman–Crippen LogP) is 4.77. The molecular formula is C18H24FNS. The van der Waals surface area contributed by atoms with Crippen LogP contribution in [-0.2, 0) is 12.8 Å². The molecule has 1 aromatic carbocycles. The van der Waals surface area contributed by atoms with Crippen LogP contribution in [0.3, 0.4) is 0 Å². The second kappa shape index (κ2) is 7.71. The van der Waals surface area contributed by atoms with Gasteiger partial charge in [-0.25, -0.2) is 4.39 Å². The van der Waals surface area contributed by atoms with Crippen molar-refractivity contribution < 1.29 is 4.39 Å². The molecule has 3 heteroatoms. The molecule has 0 aliphatic carbocycles. The molecule has 0 bridgehead atoms. The van der Waals surface area contributed by atoms with E-state index >= 15 is 0 Å². The van der Waals surface area contributed by atoms with E-state index in [9.17, 15) is 4.39 Å². The highest BCUT2D eigenvalue weighted by Crippen LogP contribution is 2.27. The molecule has 21 heavy (non-hydrogen) atoms. The molecular weight excluding hydrogens is 281 g/mol. The molecule has 0 saturated heterocycles. The van der Waals surface area contributed by atoms with Crippen molar-refractivity contribution in [2.24, 2.45) is 0 Å². The fraction of sp³-hybridized carbons (Fsp3) is 0.444. The molecule has 1 aromatic heterocycles. The Morgan fingerprint density at radius 3 is 2.43 bits per heavy atom. The Morgan fingerprint density at radius 1 is 1.10 bits per heavy atom. The number of nitrogens with one attached hydrogen (secondary N) is 1. The van der Waals surface area contributed by atoms with Crippen LogP contribution in [-0.4, -0.2) is 12.6 Å². The molecule has 1 unspecified atom stereocenters. The van der Waals surface area contributed by atoms with Gasteiger partial charge < -0.3 is 5.32 Å². The first-order valence-electron chi connectivity index (χ1n) is 7.65. The summed E-state index contributed by atoms with van der Waals surface area (Å²) in [5.74, 6) is 0.0808. The molecule has 1 atom stereocenters. The highest BCUT2D eigenvalue weighted by molar-refractivity contribution is 7.11. The van der Waals surface area contributed by atoms with E-state index in [1.165, 1.54) is 9.75 Å². The summed E-state index contributed by atoms with van der Waals surface area (Å²) in [6, 6.07) is 11.9. The predicted molar refractivity (Wildman–Crippen MR) is 89.7 cm³/mol. The second-order valence-electron chi connectivity index (χ2n) is 5.71. The van der Waals surface area contributed by atoms with Crippen LogP contribution in [0.5, 0.6) is 0 Å². The van der Waals surface area contributed by atoms with Gasteiger partial charge in [0.2, 0.25) is 0 Å². The van der Waals surface area contributed by atoms with E-state index in [4.69, 9.17) is 0 Å². The third kappa shape index (κ3) is 4.65. The van der Waals surface area contributed by atoms with E-state index in [2.05, 4.69) is 38.2 Å². The fourth-order valence-corrected chi connectivity index (χ4v) is 3.48. The summed E-state index contributed by atoms with van der Waals surface area (Å²) in [7, 11) is 0. The number of benzene rings is 1. The summed E-state index contributed by atoms with van der Waals surface area (Å²) < 4.78 is 14.1. The number of aryl methyl sites for hydroxylation is 1. The van der Waals surface area contributed by atoms with Crippen LogP contribution in [0.4, 0.5) is 4.39 Å². The molecule has 0 radical (unpaired) electrons. The second-order valence-corrected chi connectivity index (χ2v) is 6.96. The highest BCUT2D eigenvalue weighted by atomic mass is 32.1. The number of rotatable bonds is 7. The third-order valence-corrected chi connectivity index (χ3v) is 4.88. The zero-order valence-corrected chi connectivity index (χ0v) is 13.8. The Balaban J connectivity index is 2.17. The van der Waals surface area contributed by atoms with Crippen molar-refractivity contribution in [1.82, 2.24) is 5.32 Å². The van der Waals surface area contributed by atoms with Crippen molar-refractivity contribution in [2.75, 3.05) is 6.54 Å². The molecule has 0 aliphatic heterocycles. The summed E-state index contributed by atoms with van der Waals surface area (Å²) in [4.78, 5) is 2.74. The smallest absolute Gasteiger partial charge is 0.126 e. The van der Waals surface area contributed by atoms with Crippen molar-refractivity contribution >= 4 is 11.3 Å². The molecule has 0 aliphatic rings. The first kappa shape index (κ1) is 16.2. The van der Waals surface area contributed by atoms with E-state index in [0.29, 0.717) is 6.04 Å². The topological polar surface area (TPSA) is 12.0 Å². The Labute approximate surface area is 131 Å². The van der Waals surface area contributed by atoms with Crippen molar-refractivity contribution in [3.63, 3.8) is 0 Å². The molecule has 0 saturated carbocycles. The summed E-state index contributed by atoms with van der Waals surface area (Å²) in [6.07, 6.45) is 1.96. The third-order valence-electron chi connectivity index (χ3n) is 3.63. The molecule has 2 aromatic rings. The van der Waals surface area contributed by atoms with Crippen LogP contribution in [0.25, 0.3) is 0 Å². The quantitative estimate of drug-likeness (QED) is 0.776. The van der Waals surface area contributed by atoms with Gasteiger partial charge >= 0.3 is 0 Å². The summed E-state index contributed by atoms with van der Waals surface area (Å²) >= 11 is 1.85. The van der Waals surface area contributed by atoms with Crippen LogP contribution in [0.1, 0.15) is 42.0 Å². The maximum atomic E-state index is 14.1. The molecule has 114 valence electrons. The SMILES string of the molecule is CCc1ccc(CC(CNC(C)C)c2ccccc2F)s1. The van der Waals surface area contributed by atoms with Crippen molar-refractivity contribution in [3.8, 4) is 0 Å². The van der Waals surface area contributed by atoms with Crippen LogP contribution >= 0.6 is 11.3 Å². The number of hydrogen-bond donors (Lipinski definition) is 1. The van der Waals surface area contributed by atoms with Crippen LogP contribution in [0.2, 0.25) is 0 Å². The van der Waals surface area contributed by atoms with Gasteiger partial charge in [-0.2, -0.15) is 0 Å². The molecule has 1 N–H and O–H groups in total. The minimum absolute atomic E-state index is 0.0969. The first-order chi connectivity index (χ1) is 10.1. The Morgan fingerprint density at radius 2 is 1.81 bits per heavy atom. The molecule has 1 nitrogen and oxygen atoms in total. The van der Waals surface area contributed by atoms with Crippen molar-refractivity contribution in [2.45, 2.75) is 45.6 Å². The summed E-state index contributed by atoms with van der Waals surface area (Å²) in [6.45, 7) is 7.22. The van der Waals surface area contributed by atoms with Crippen LogP contribution in [0, 0.1) is 5.82 Å². The van der Waals surface area contributed by atoms with Crippen LogP contribution < -0.4 is 5.32 Å². The average Bonchev–Trinajstić information content (AvgIpc) is 2.92. The van der Waals surface area contributed by atoms with Crippen molar-refractivity contribution in [1.29, 1.82) is 0 Å². The van der Waals surface area contributed by atoms with Gasteiger partial charge in [-0.15, -0.1) is 11.3 Å². The van der Waals surface area contributed by atoms with Gasteiger partial charge in [0.05, 0.1) is 0 Å². The van der Waals surface area contributed by atoms with E-state index in [-0.39, 0.29) is 11.7 Å². The van der Waals surface area contributed by atoms with Gasteiger partial charge in [0, 0.05) is 28.3 Å². The molecule has 2 rings (SSSR count). The number of thiophene rings is 1. The Hall–Kier alpha value is -1.19. The fourth-order valence-electron chi connectivity index (χ4n) is 2.44. The minimum Gasteiger partial charge on any atom is -0.314 e. The largest absolute Gasteiger partial charge is 0.314 e. The van der Waals surface area contributed by atoms with Gasteiger partial charge in [0.15, 0.2) is 0 Å². The highest BCUT2D eigenvalue weighted by Gasteiger charge is 2.17. The van der Waals surface area contributed by atoms with Gasteiger partial charge in [-0.3, -0.25) is 0 Å². The normalized spacial score (nSPS) is 12.8. The first-order valence-corrected chi connectivity index (χ1v) is 8.47. The van der Waals surface area contributed by atoms with E-state index in [1.807, 2.05) is 23.5 Å². The van der Waals surface area contributed by atoms with Gasteiger partial charge in [0.25, 0.3) is 0 Å². The zero-order valence-electron chi connectivity index (χ0n) is 13.0. The monoisotopic (exact) mass is 305 g/mol. The maximum Gasteiger partial charge on any atom is 0.126 e. The Kier molecular flexibility index (Phi) is 5.95. The zero-order chi connectivity index (χ0) is 15.2. The van der Waals surface area contributed by atoms with Gasteiger partial charge in [0.1, 0.15) is 5.82 Å². The van der Waals surface area contributed by atoms with Gasteiger partial charge in [-0.1, -0.05) is 39.0 Å². The lowest BCUT2D eigenvalue weighted by atomic mass is 9.94. The van der Waals surface area contributed by atoms with E-state index in [1.54, 1.807) is 12.1 Å².